The van der Waals surface area contributed by atoms with Crippen LogP contribution in [0.25, 0.3) is 11.1 Å². The van der Waals surface area contributed by atoms with E-state index in [0.717, 1.165) is 6.07 Å². The van der Waals surface area contributed by atoms with Crippen molar-refractivity contribution in [2.45, 2.75) is 12.9 Å². The van der Waals surface area contributed by atoms with E-state index >= 15 is 0 Å². The highest BCUT2D eigenvalue weighted by Gasteiger charge is 2.32. The summed E-state index contributed by atoms with van der Waals surface area (Å²) in [5, 5.41) is 0. The third-order valence-electron chi connectivity index (χ3n) is 3.00. The van der Waals surface area contributed by atoms with E-state index in [9.17, 15) is 17.6 Å². The maximum Gasteiger partial charge on any atom is 0.573 e. The van der Waals surface area contributed by atoms with Crippen molar-refractivity contribution in [1.82, 2.24) is 0 Å². The molecule has 0 aliphatic rings. The monoisotopic (exact) mass is 315 g/mol. The van der Waals surface area contributed by atoms with E-state index in [1.165, 1.54) is 31.4 Å². The van der Waals surface area contributed by atoms with Crippen LogP contribution in [0.3, 0.4) is 0 Å². The van der Waals surface area contributed by atoms with Crippen molar-refractivity contribution in [3.8, 4) is 22.6 Å². The van der Waals surface area contributed by atoms with Crippen molar-refractivity contribution in [3.05, 3.63) is 47.8 Å². The predicted octanol–water partition coefficient (Wildman–Crippen LogP) is 3.86. The van der Waals surface area contributed by atoms with Crippen LogP contribution in [0.1, 0.15) is 5.56 Å². The zero-order valence-electron chi connectivity index (χ0n) is 11.6. The summed E-state index contributed by atoms with van der Waals surface area (Å²) in [4.78, 5) is 0. The standard InChI is InChI=1S/C15H13F4NO2/c1-21-13-4-2-3-11(14(13)16)9-5-6-12(10(7-9)8-20)22-15(17,18)19/h2-7H,8,20H2,1H3. The maximum atomic E-state index is 14.2. The van der Waals surface area contributed by atoms with Gasteiger partial charge in [-0.3, -0.25) is 0 Å². The molecule has 0 spiro atoms. The minimum atomic E-state index is -4.81. The second-order valence-corrected chi connectivity index (χ2v) is 4.40. The number of methoxy groups -OCH3 is 1. The zero-order chi connectivity index (χ0) is 16.3. The lowest BCUT2D eigenvalue weighted by Crippen LogP contribution is -2.18. The molecule has 118 valence electrons. The van der Waals surface area contributed by atoms with E-state index in [-0.39, 0.29) is 23.4 Å². The number of alkyl halides is 3. The molecular formula is C15H13F4NO2. The second-order valence-electron chi connectivity index (χ2n) is 4.40. The van der Waals surface area contributed by atoms with Gasteiger partial charge in [0, 0.05) is 17.7 Å². The van der Waals surface area contributed by atoms with E-state index in [4.69, 9.17) is 10.5 Å². The summed E-state index contributed by atoms with van der Waals surface area (Å²) >= 11 is 0. The summed E-state index contributed by atoms with van der Waals surface area (Å²) in [5.74, 6) is -0.957. The lowest BCUT2D eigenvalue weighted by atomic mass is 10.0. The molecule has 0 heterocycles. The lowest BCUT2D eigenvalue weighted by molar-refractivity contribution is -0.274. The van der Waals surface area contributed by atoms with Gasteiger partial charge in [0.15, 0.2) is 11.6 Å². The zero-order valence-corrected chi connectivity index (χ0v) is 11.6. The van der Waals surface area contributed by atoms with Gasteiger partial charge >= 0.3 is 6.36 Å². The smallest absolute Gasteiger partial charge is 0.494 e. The van der Waals surface area contributed by atoms with Crippen LogP contribution in [0, 0.1) is 5.82 Å². The highest BCUT2D eigenvalue weighted by Crippen LogP contribution is 2.33. The molecule has 0 bridgehead atoms. The number of hydrogen-bond donors (Lipinski definition) is 1. The van der Waals surface area contributed by atoms with Gasteiger partial charge < -0.3 is 15.2 Å². The number of rotatable bonds is 4. The predicted molar refractivity (Wildman–Crippen MR) is 73.0 cm³/mol. The van der Waals surface area contributed by atoms with Gasteiger partial charge in [-0.2, -0.15) is 0 Å². The Labute approximate surface area is 124 Å². The van der Waals surface area contributed by atoms with Gasteiger partial charge in [0.25, 0.3) is 0 Å². The summed E-state index contributed by atoms with van der Waals surface area (Å²) in [6, 6.07) is 8.34. The van der Waals surface area contributed by atoms with Crippen molar-refractivity contribution >= 4 is 0 Å². The fourth-order valence-corrected chi connectivity index (χ4v) is 2.02. The van der Waals surface area contributed by atoms with Gasteiger partial charge in [-0.05, 0) is 23.8 Å². The van der Waals surface area contributed by atoms with Gasteiger partial charge in [0.1, 0.15) is 5.75 Å². The molecular weight excluding hydrogens is 302 g/mol. The van der Waals surface area contributed by atoms with Gasteiger partial charge in [-0.15, -0.1) is 13.2 Å². The van der Waals surface area contributed by atoms with E-state index in [1.807, 2.05) is 0 Å². The fourth-order valence-electron chi connectivity index (χ4n) is 2.02. The van der Waals surface area contributed by atoms with Crippen LogP contribution in [0.15, 0.2) is 36.4 Å². The molecule has 2 aromatic rings. The van der Waals surface area contributed by atoms with E-state index in [0.29, 0.717) is 5.56 Å². The molecule has 22 heavy (non-hydrogen) atoms. The number of nitrogens with two attached hydrogens (primary N) is 1. The molecule has 0 aliphatic carbocycles. The summed E-state index contributed by atoms with van der Waals surface area (Å²) in [6.07, 6.45) is -4.81. The first-order chi connectivity index (χ1) is 10.4. The van der Waals surface area contributed by atoms with Crippen LogP contribution in [0.5, 0.6) is 11.5 Å². The van der Waals surface area contributed by atoms with Crippen LogP contribution in [-0.4, -0.2) is 13.5 Å². The topological polar surface area (TPSA) is 44.5 Å². The minimum Gasteiger partial charge on any atom is -0.494 e. The van der Waals surface area contributed by atoms with Crippen LogP contribution >= 0.6 is 0 Å². The molecule has 0 aromatic heterocycles. The van der Waals surface area contributed by atoms with Gasteiger partial charge in [0.2, 0.25) is 0 Å². The Morgan fingerprint density at radius 3 is 2.41 bits per heavy atom. The Bertz CT molecular complexity index is 671. The molecule has 2 N–H and O–H groups in total. The average Bonchev–Trinajstić information content (AvgIpc) is 2.46. The molecule has 2 rings (SSSR count). The summed E-state index contributed by atoms with van der Waals surface area (Å²) in [6.45, 7) is -0.176. The fraction of sp³-hybridized carbons (Fsp3) is 0.200. The summed E-state index contributed by atoms with van der Waals surface area (Å²) < 4.78 is 59.9. The molecule has 0 unspecified atom stereocenters. The molecule has 0 fully saturated rings. The number of ether oxygens (including phenoxy) is 2. The Kier molecular flexibility index (Phi) is 4.56. The van der Waals surface area contributed by atoms with Crippen LogP contribution in [0.4, 0.5) is 17.6 Å². The third-order valence-corrected chi connectivity index (χ3v) is 3.00. The Morgan fingerprint density at radius 2 is 1.82 bits per heavy atom. The molecule has 7 heteroatoms. The number of benzene rings is 2. The average molecular weight is 315 g/mol. The van der Waals surface area contributed by atoms with Crippen molar-refractivity contribution in [2.24, 2.45) is 5.73 Å². The Morgan fingerprint density at radius 1 is 1.09 bits per heavy atom. The molecule has 0 atom stereocenters. The Hall–Kier alpha value is -2.28. The van der Waals surface area contributed by atoms with E-state index < -0.39 is 17.9 Å². The number of halogens is 4. The molecule has 0 saturated heterocycles. The van der Waals surface area contributed by atoms with E-state index in [2.05, 4.69) is 4.74 Å². The first-order valence-corrected chi connectivity index (χ1v) is 6.27. The van der Waals surface area contributed by atoms with Gasteiger partial charge in [-0.1, -0.05) is 18.2 Å². The Balaban J connectivity index is 2.46. The molecule has 0 radical (unpaired) electrons. The maximum absolute atomic E-state index is 14.2. The molecule has 0 saturated carbocycles. The normalized spacial score (nSPS) is 11.4. The largest absolute Gasteiger partial charge is 0.573 e. The third kappa shape index (κ3) is 3.48. The highest BCUT2D eigenvalue weighted by molar-refractivity contribution is 5.68. The van der Waals surface area contributed by atoms with Crippen molar-refractivity contribution in [1.29, 1.82) is 0 Å². The SMILES string of the molecule is COc1cccc(-c2ccc(OC(F)(F)F)c(CN)c2)c1F. The molecule has 2 aromatic carbocycles. The molecule has 3 nitrogen and oxygen atoms in total. The first-order valence-electron chi connectivity index (χ1n) is 6.27. The molecule has 0 amide bonds. The van der Waals surface area contributed by atoms with Gasteiger partial charge in [-0.25, -0.2) is 4.39 Å². The van der Waals surface area contributed by atoms with Crippen molar-refractivity contribution in [3.63, 3.8) is 0 Å². The summed E-state index contributed by atoms with van der Waals surface area (Å²) in [7, 11) is 1.33. The first kappa shape index (κ1) is 16.1. The van der Waals surface area contributed by atoms with Crippen LogP contribution in [-0.2, 0) is 6.54 Å². The van der Waals surface area contributed by atoms with Crippen molar-refractivity contribution in [2.75, 3.05) is 7.11 Å². The van der Waals surface area contributed by atoms with Crippen LogP contribution < -0.4 is 15.2 Å². The van der Waals surface area contributed by atoms with E-state index in [1.54, 1.807) is 6.07 Å². The quantitative estimate of drug-likeness (QED) is 0.871. The lowest BCUT2D eigenvalue weighted by Gasteiger charge is -2.14. The van der Waals surface area contributed by atoms with Crippen LogP contribution in [0.2, 0.25) is 0 Å². The number of hydrogen-bond acceptors (Lipinski definition) is 3. The summed E-state index contributed by atoms with van der Waals surface area (Å²) in [5.41, 5.74) is 6.15. The second kappa shape index (κ2) is 6.23. The van der Waals surface area contributed by atoms with Gasteiger partial charge in [0.05, 0.1) is 7.11 Å². The minimum absolute atomic E-state index is 0.0439. The molecule has 0 aliphatic heterocycles. The highest BCUT2D eigenvalue weighted by atomic mass is 19.4. The van der Waals surface area contributed by atoms with Crippen molar-refractivity contribution < 1.29 is 27.0 Å².